The summed E-state index contributed by atoms with van der Waals surface area (Å²) in [6.07, 6.45) is 0.880. The standard InChI is InChI=1S/C20H18N2O2S/c1-12-19(21-20(25-12)16-4-3-5-17(24)11-16)15-6-7-18-14(10-15)8-9-22(18)13(2)23/h3-7,10-11,24H,8-9H2,1-2H3. The molecular formula is C20H18N2O2S. The lowest BCUT2D eigenvalue weighted by Crippen LogP contribution is -2.25. The Morgan fingerprint density at radius 1 is 1.20 bits per heavy atom. The van der Waals surface area contributed by atoms with Crippen LogP contribution in [0.4, 0.5) is 5.69 Å². The Labute approximate surface area is 150 Å². The van der Waals surface area contributed by atoms with Crippen LogP contribution in [0.15, 0.2) is 42.5 Å². The molecule has 25 heavy (non-hydrogen) atoms. The van der Waals surface area contributed by atoms with Gasteiger partial charge in [-0.2, -0.15) is 0 Å². The number of phenolic OH excluding ortho intramolecular Hbond substituents is 1. The number of carbonyl (C=O) groups excluding carboxylic acids is 1. The number of aromatic hydroxyl groups is 1. The first kappa shape index (κ1) is 15.8. The lowest BCUT2D eigenvalue weighted by atomic mass is 10.1. The van der Waals surface area contributed by atoms with Crippen molar-refractivity contribution < 1.29 is 9.90 Å². The van der Waals surface area contributed by atoms with Gasteiger partial charge in [-0.15, -0.1) is 11.3 Å². The van der Waals surface area contributed by atoms with Gasteiger partial charge in [-0.05, 0) is 43.2 Å². The lowest BCUT2D eigenvalue weighted by molar-refractivity contribution is -0.116. The van der Waals surface area contributed by atoms with Gasteiger partial charge in [-0.3, -0.25) is 4.79 Å². The largest absolute Gasteiger partial charge is 0.508 e. The number of nitrogens with zero attached hydrogens (tertiary/aromatic N) is 2. The number of fused-ring (bicyclic) bond motifs is 1. The number of phenols is 1. The average Bonchev–Trinajstić information content (AvgIpc) is 3.17. The van der Waals surface area contributed by atoms with Gasteiger partial charge in [0.05, 0.1) is 5.69 Å². The summed E-state index contributed by atoms with van der Waals surface area (Å²) in [5.41, 5.74) is 5.16. The van der Waals surface area contributed by atoms with Gasteiger partial charge in [0.25, 0.3) is 0 Å². The molecule has 1 amide bonds. The molecule has 0 spiro atoms. The number of hydrogen-bond donors (Lipinski definition) is 1. The molecule has 1 aromatic heterocycles. The Bertz CT molecular complexity index is 978. The van der Waals surface area contributed by atoms with Crippen LogP contribution in [-0.2, 0) is 11.2 Å². The van der Waals surface area contributed by atoms with Crippen LogP contribution in [0.5, 0.6) is 5.75 Å². The van der Waals surface area contributed by atoms with Crippen molar-refractivity contribution in [3.8, 4) is 27.6 Å². The minimum absolute atomic E-state index is 0.0857. The maximum atomic E-state index is 11.7. The Balaban J connectivity index is 1.73. The molecule has 5 heteroatoms. The van der Waals surface area contributed by atoms with Gasteiger partial charge in [0, 0.05) is 35.2 Å². The average molecular weight is 350 g/mol. The van der Waals surface area contributed by atoms with Gasteiger partial charge in [-0.25, -0.2) is 4.98 Å². The topological polar surface area (TPSA) is 53.4 Å². The van der Waals surface area contributed by atoms with Crippen molar-refractivity contribution in [1.29, 1.82) is 0 Å². The van der Waals surface area contributed by atoms with Crippen molar-refractivity contribution in [3.05, 3.63) is 52.9 Å². The maximum absolute atomic E-state index is 11.7. The molecule has 0 fully saturated rings. The summed E-state index contributed by atoms with van der Waals surface area (Å²) >= 11 is 1.62. The molecule has 0 saturated carbocycles. The van der Waals surface area contributed by atoms with E-state index in [-0.39, 0.29) is 11.7 Å². The van der Waals surface area contributed by atoms with Crippen LogP contribution in [0.1, 0.15) is 17.4 Å². The highest BCUT2D eigenvalue weighted by Gasteiger charge is 2.23. The van der Waals surface area contributed by atoms with Crippen molar-refractivity contribution in [2.24, 2.45) is 0 Å². The third-order valence-electron chi connectivity index (χ3n) is 4.52. The van der Waals surface area contributed by atoms with E-state index in [9.17, 15) is 9.90 Å². The number of hydrogen-bond acceptors (Lipinski definition) is 4. The van der Waals surface area contributed by atoms with Crippen LogP contribution in [0.2, 0.25) is 0 Å². The van der Waals surface area contributed by atoms with E-state index in [0.29, 0.717) is 0 Å². The van der Waals surface area contributed by atoms with Crippen LogP contribution in [0.3, 0.4) is 0 Å². The van der Waals surface area contributed by atoms with Crippen LogP contribution < -0.4 is 4.90 Å². The molecule has 0 unspecified atom stereocenters. The third-order valence-corrected chi connectivity index (χ3v) is 5.54. The molecule has 3 aromatic rings. The highest BCUT2D eigenvalue weighted by atomic mass is 32.1. The molecule has 0 atom stereocenters. The monoisotopic (exact) mass is 350 g/mol. The maximum Gasteiger partial charge on any atom is 0.223 e. The second-order valence-electron chi connectivity index (χ2n) is 6.24. The SMILES string of the molecule is CC(=O)N1CCc2cc(-c3nc(-c4cccc(O)c4)sc3C)ccc21. The van der Waals surface area contributed by atoms with Crippen LogP contribution in [-0.4, -0.2) is 22.5 Å². The van der Waals surface area contributed by atoms with E-state index in [1.54, 1.807) is 30.4 Å². The van der Waals surface area contributed by atoms with E-state index in [1.165, 1.54) is 5.56 Å². The van der Waals surface area contributed by atoms with Gasteiger partial charge in [0.15, 0.2) is 0 Å². The second kappa shape index (κ2) is 6.01. The van der Waals surface area contributed by atoms with E-state index in [1.807, 2.05) is 29.2 Å². The number of thiazole rings is 1. The van der Waals surface area contributed by atoms with Crippen molar-refractivity contribution >= 4 is 22.9 Å². The van der Waals surface area contributed by atoms with Crippen LogP contribution in [0.25, 0.3) is 21.8 Å². The fourth-order valence-electron chi connectivity index (χ4n) is 3.30. The van der Waals surface area contributed by atoms with Crippen LogP contribution >= 0.6 is 11.3 Å². The minimum atomic E-state index is 0.0857. The molecule has 1 aliphatic rings. The van der Waals surface area contributed by atoms with Gasteiger partial charge < -0.3 is 10.0 Å². The van der Waals surface area contributed by atoms with Crippen LogP contribution in [0, 0.1) is 6.92 Å². The molecule has 0 aliphatic carbocycles. The van der Waals surface area contributed by atoms with Crippen molar-refractivity contribution in [1.82, 2.24) is 4.98 Å². The predicted molar refractivity (Wildman–Crippen MR) is 101 cm³/mol. The molecule has 1 aliphatic heterocycles. The molecule has 2 heterocycles. The minimum Gasteiger partial charge on any atom is -0.508 e. The highest BCUT2D eigenvalue weighted by molar-refractivity contribution is 7.15. The summed E-state index contributed by atoms with van der Waals surface area (Å²) in [5, 5.41) is 10.6. The number of amides is 1. The summed E-state index contributed by atoms with van der Waals surface area (Å²) in [5.74, 6) is 0.330. The van der Waals surface area contributed by atoms with E-state index in [4.69, 9.17) is 4.98 Å². The summed E-state index contributed by atoms with van der Waals surface area (Å²) < 4.78 is 0. The quantitative estimate of drug-likeness (QED) is 0.745. The van der Waals surface area contributed by atoms with Crippen molar-refractivity contribution in [2.75, 3.05) is 11.4 Å². The molecule has 1 N–H and O–H groups in total. The Morgan fingerprint density at radius 2 is 2.04 bits per heavy atom. The first-order valence-corrected chi connectivity index (χ1v) is 9.03. The van der Waals surface area contributed by atoms with E-state index in [2.05, 4.69) is 13.0 Å². The summed E-state index contributed by atoms with van der Waals surface area (Å²) in [4.78, 5) is 19.5. The summed E-state index contributed by atoms with van der Waals surface area (Å²) in [6.45, 7) is 4.42. The number of anilines is 1. The molecule has 4 nitrogen and oxygen atoms in total. The van der Waals surface area contributed by atoms with E-state index < -0.39 is 0 Å². The lowest BCUT2D eigenvalue weighted by Gasteiger charge is -2.14. The number of aryl methyl sites for hydroxylation is 1. The van der Waals surface area contributed by atoms with Crippen molar-refractivity contribution in [2.45, 2.75) is 20.3 Å². The van der Waals surface area contributed by atoms with Gasteiger partial charge in [-0.1, -0.05) is 18.2 Å². The first-order chi connectivity index (χ1) is 12.0. The first-order valence-electron chi connectivity index (χ1n) is 8.21. The van der Waals surface area contributed by atoms with Gasteiger partial charge >= 0.3 is 0 Å². The zero-order chi connectivity index (χ0) is 17.6. The normalized spacial score (nSPS) is 13.1. The Morgan fingerprint density at radius 3 is 2.80 bits per heavy atom. The highest BCUT2D eigenvalue weighted by Crippen LogP contribution is 2.37. The number of aromatic nitrogens is 1. The third kappa shape index (κ3) is 2.81. The number of rotatable bonds is 2. The molecule has 0 bridgehead atoms. The summed E-state index contributed by atoms with van der Waals surface area (Å²) in [6, 6.07) is 13.4. The number of benzene rings is 2. The number of carbonyl (C=O) groups is 1. The Kier molecular flexibility index (Phi) is 3.81. The van der Waals surface area contributed by atoms with E-state index >= 15 is 0 Å². The fourth-order valence-corrected chi connectivity index (χ4v) is 4.23. The molecule has 0 saturated heterocycles. The molecular weight excluding hydrogens is 332 g/mol. The fraction of sp³-hybridized carbons (Fsp3) is 0.200. The molecule has 126 valence electrons. The zero-order valence-corrected chi connectivity index (χ0v) is 14.9. The predicted octanol–water partition coefficient (Wildman–Crippen LogP) is 4.40. The molecule has 2 aromatic carbocycles. The molecule has 0 radical (unpaired) electrons. The second-order valence-corrected chi connectivity index (χ2v) is 7.44. The zero-order valence-electron chi connectivity index (χ0n) is 14.1. The van der Waals surface area contributed by atoms with E-state index in [0.717, 1.165) is 45.4 Å². The van der Waals surface area contributed by atoms with Gasteiger partial charge in [0.1, 0.15) is 10.8 Å². The van der Waals surface area contributed by atoms with Crippen molar-refractivity contribution in [3.63, 3.8) is 0 Å². The smallest absolute Gasteiger partial charge is 0.223 e. The van der Waals surface area contributed by atoms with Gasteiger partial charge in [0.2, 0.25) is 5.91 Å². The summed E-state index contributed by atoms with van der Waals surface area (Å²) in [7, 11) is 0. The molecule has 4 rings (SSSR count). The Hall–Kier alpha value is -2.66.